The van der Waals surface area contributed by atoms with Crippen molar-refractivity contribution in [3.05, 3.63) is 64.7 Å². The summed E-state index contributed by atoms with van der Waals surface area (Å²) in [7, 11) is 0. The number of carbonyl (C=O) groups excluding carboxylic acids is 4. The van der Waals surface area contributed by atoms with Crippen LogP contribution < -0.4 is 10.6 Å². The second-order valence-corrected chi connectivity index (χ2v) is 7.89. The SMILES string of the molecule is CCOC(=O)c1cc(O)c(NC(=O)c2cc(O)cc(C(=O)Nc3cc(O)c(C(=O)OCC)cc3O)c2)cc1O. The zero-order valence-electron chi connectivity index (χ0n) is 20.6. The van der Waals surface area contributed by atoms with E-state index in [1.165, 1.54) is 0 Å². The highest BCUT2D eigenvalue weighted by Crippen LogP contribution is 2.34. The van der Waals surface area contributed by atoms with E-state index in [1.54, 1.807) is 13.8 Å². The Labute approximate surface area is 220 Å². The van der Waals surface area contributed by atoms with Crippen LogP contribution in [0.2, 0.25) is 0 Å². The Morgan fingerprint density at radius 1 is 0.590 bits per heavy atom. The molecule has 0 aliphatic rings. The van der Waals surface area contributed by atoms with Gasteiger partial charge >= 0.3 is 11.9 Å². The first-order valence-corrected chi connectivity index (χ1v) is 11.4. The first-order valence-electron chi connectivity index (χ1n) is 11.4. The lowest BCUT2D eigenvalue weighted by molar-refractivity contribution is 0.0512. The normalized spacial score (nSPS) is 10.4. The highest BCUT2D eigenvalue weighted by molar-refractivity contribution is 6.10. The summed E-state index contributed by atoms with van der Waals surface area (Å²) < 4.78 is 9.54. The predicted molar refractivity (Wildman–Crippen MR) is 135 cm³/mol. The molecule has 204 valence electrons. The van der Waals surface area contributed by atoms with E-state index in [4.69, 9.17) is 9.47 Å². The molecule has 7 N–H and O–H groups in total. The van der Waals surface area contributed by atoms with Crippen molar-refractivity contribution in [2.24, 2.45) is 0 Å². The molecular weight excluding hydrogens is 516 g/mol. The highest BCUT2D eigenvalue weighted by atomic mass is 16.5. The van der Waals surface area contributed by atoms with E-state index in [0.29, 0.717) is 0 Å². The van der Waals surface area contributed by atoms with Gasteiger partial charge in [-0.1, -0.05) is 0 Å². The molecule has 0 aliphatic heterocycles. The number of nitrogens with one attached hydrogen (secondary N) is 2. The Morgan fingerprint density at radius 3 is 1.33 bits per heavy atom. The smallest absolute Gasteiger partial charge is 0.342 e. The maximum absolute atomic E-state index is 12.8. The fourth-order valence-electron chi connectivity index (χ4n) is 3.36. The fraction of sp³-hybridized carbons (Fsp3) is 0.154. The molecule has 39 heavy (non-hydrogen) atoms. The van der Waals surface area contributed by atoms with E-state index in [1.807, 2.05) is 0 Å². The van der Waals surface area contributed by atoms with Crippen LogP contribution >= 0.6 is 0 Å². The minimum absolute atomic E-state index is 0.0324. The molecule has 0 aromatic heterocycles. The molecule has 0 heterocycles. The van der Waals surface area contributed by atoms with Crippen molar-refractivity contribution >= 4 is 35.1 Å². The van der Waals surface area contributed by atoms with Crippen LogP contribution in [0, 0.1) is 0 Å². The standard InChI is InChI=1S/C26H24N2O11/c1-3-38-25(36)15-8-21(32)17(10-19(15)30)27-23(34)12-5-13(7-14(29)6-12)24(35)28-18-11-20(31)16(9-22(18)33)26(37)39-4-2/h5-11,29-33H,3-4H2,1-2H3,(H,27,34)(H,28,35). The van der Waals surface area contributed by atoms with Gasteiger partial charge in [0, 0.05) is 35.4 Å². The van der Waals surface area contributed by atoms with E-state index < -0.39 is 52.5 Å². The summed E-state index contributed by atoms with van der Waals surface area (Å²) in [6.45, 7) is 3.18. The summed E-state index contributed by atoms with van der Waals surface area (Å²) in [5, 5.41) is 55.3. The van der Waals surface area contributed by atoms with Crippen LogP contribution in [0.4, 0.5) is 11.4 Å². The van der Waals surface area contributed by atoms with Gasteiger partial charge in [-0.05, 0) is 32.0 Å². The van der Waals surface area contributed by atoms with Gasteiger partial charge in [-0.3, -0.25) is 9.59 Å². The zero-order chi connectivity index (χ0) is 28.9. The number of esters is 2. The van der Waals surface area contributed by atoms with Gasteiger partial charge < -0.3 is 45.6 Å². The molecule has 2 amide bonds. The summed E-state index contributed by atoms with van der Waals surface area (Å²) in [5.74, 6) is -6.35. The molecule has 0 spiro atoms. The summed E-state index contributed by atoms with van der Waals surface area (Å²) in [6, 6.07) is 6.77. The third kappa shape index (κ3) is 6.46. The number of amides is 2. The number of hydrogen-bond donors (Lipinski definition) is 7. The van der Waals surface area contributed by atoms with E-state index in [0.717, 1.165) is 42.5 Å². The molecule has 0 aliphatic carbocycles. The Morgan fingerprint density at radius 2 is 0.974 bits per heavy atom. The number of benzene rings is 3. The van der Waals surface area contributed by atoms with Crippen molar-refractivity contribution in [2.75, 3.05) is 23.8 Å². The van der Waals surface area contributed by atoms with E-state index in [-0.39, 0.29) is 46.8 Å². The van der Waals surface area contributed by atoms with Gasteiger partial charge in [-0.2, -0.15) is 0 Å². The first-order chi connectivity index (χ1) is 18.4. The minimum Gasteiger partial charge on any atom is -0.508 e. The number of hydrogen-bond acceptors (Lipinski definition) is 11. The molecule has 13 nitrogen and oxygen atoms in total. The van der Waals surface area contributed by atoms with Crippen LogP contribution in [0.1, 0.15) is 55.3 Å². The number of phenolic OH excluding ortho intramolecular Hbond substituents is 5. The van der Waals surface area contributed by atoms with Crippen LogP contribution in [0.15, 0.2) is 42.5 Å². The van der Waals surface area contributed by atoms with E-state index in [9.17, 15) is 44.7 Å². The highest BCUT2D eigenvalue weighted by Gasteiger charge is 2.21. The maximum atomic E-state index is 12.8. The second-order valence-electron chi connectivity index (χ2n) is 7.89. The molecule has 3 aromatic rings. The van der Waals surface area contributed by atoms with Crippen molar-refractivity contribution in [3.8, 4) is 28.7 Å². The molecule has 0 fully saturated rings. The molecule has 0 unspecified atom stereocenters. The lowest BCUT2D eigenvalue weighted by Crippen LogP contribution is -2.16. The Bertz CT molecular complexity index is 1360. The molecule has 3 aromatic carbocycles. The molecule has 0 atom stereocenters. The lowest BCUT2D eigenvalue weighted by atomic mass is 10.1. The lowest BCUT2D eigenvalue weighted by Gasteiger charge is -2.13. The Hall–Kier alpha value is -5.46. The average Bonchev–Trinajstić information content (AvgIpc) is 2.87. The summed E-state index contributed by atoms with van der Waals surface area (Å²) in [5.41, 5.74) is -1.68. The van der Waals surface area contributed by atoms with Crippen LogP contribution in [-0.4, -0.2) is 62.5 Å². The molecule has 0 radical (unpaired) electrons. The number of anilines is 2. The van der Waals surface area contributed by atoms with Crippen LogP contribution in [0.5, 0.6) is 28.7 Å². The predicted octanol–water partition coefficient (Wildman–Crippen LogP) is 3.07. The van der Waals surface area contributed by atoms with Crippen molar-refractivity contribution in [2.45, 2.75) is 13.8 Å². The quantitative estimate of drug-likeness (QED) is 0.125. The molecule has 0 bridgehead atoms. The zero-order valence-corrected chi connectivity index (χ0v) is 20.6. The molecule has 0 saturated heterocycles. The Kier molecular flexibility index (Phi) is 8.45. The topological polar surface area (TPSA) is 212 Å². The van der Waals surface area contributed by atoms with Gasteiger partial charge in [-0.25, -0.2) is 9.59 Å². The summed E-state index contributed by atoms with van der Waals surface area (Å²) in [6.07, 6.45) is 0. The molecule has 13 heteroatoms. The number of carbonyl (C=O) groups is 4. The second kappa shape index (κ2) is 11.7. The number of aromatic hydroxyl groups is 5. The van der Waals surface area contributed by atoms with Crippen molar-refractivity contribution in [3.63, 3.8) is 0 Å². The fourth-order valence-corrected chi connectivity index (χ4v) is 3.36. The Balaban J connectivity index is 1.83. The van der Waals surface area contributed by atoms with Crippen LogP contribution in [-0.2, 0) is 9.47 Å². The number of phenols is 5. The van der Waals surface area contributed by atoms with E-state index in [2.05, 4.69) is 10.6 Å². The first kappa shape index (κ1) is 28.1. The molecular formula is C26H24N2O11. The summed E-state index contributed by atoms with van der Waals surface area (Å²) in [4.78, 5) is 49.3. The van der Waals surface area contributed by atoms with Gasteiger partial charge in [0.1, 0.15) is 39.9 Å². The molecule has 3 rings (SSSR count). The van der Waals surface area contributed by atoms with Crippen LogP contribution in [0.3, 0.4) is 0 Å². The van der Waals surface area contributed by atoms with Crippen molar-refractivity contribution in [1.29, 1.82) is 0 Å². The minimum atomic E-state index is -0.905. The van der Waals surface area contributed by atoms with Crippen LogP contribution in [0.25, 0.3) is 0 Å². The summed E-state index contributed by atoms with van der Waals surface area (Å²) >= 11 is 0. The van der Waals surface area contributed by atoms with Gasteiger partial charge in [-0.15, -0.1) is 0 Å². The monoisotopic (exact) mass is 540 g/mol. The van der Waals surface area contributed by atoms with Gasteiger partial charge in [0.25, 0.3) is 11.8 Å². The average molecular weight is 540 g/mol. The third-order valence-corrected chi connectivity index (χ3v) is 5.16. The third-order valence-electron chi connectivity index (χ3n) is 5.16. The molecule has 0 saturated carbocycles. The largest absolute Gasteiger partial charge is 0.508 e. The van der Waals surface area contributed by atoms with Gasteiger partial charge in [0.15, 0.2) is 0 Å². The van der Waals surface area contributed by atoms with Gasteiger partial charge in [0.05, 0.1) is 24.6 Å². The van der Waals surface area contributed by atoms with Crippen molar-refractivity contribution < 1.29 is 54.2 Å². The van der Waals surface area contributed by atoms with Crippen molar-refractivity contribution in [1.82, 2.24) is 0 Å². The maximum Gasteiger partial charge on any atom is 0.342 e. The van der Waals surface area contributed by atoms with Gasteiger partial charge in [0.2, 0.25) is 0 Å². The van der Waals surface area contributed by atoms with E-state index >= 15 is 0 Å². The number of rotatable bonds is 8. The number of ether oxygens (including phenoxy) is 2.